The minimum absolute atomic E-state index is 0.277. The van der Waals surface area contributed by atoms with Crippen molar-refractivity contribution < 1.29 is 8.91 Å². The largest absolute Gasteiger partial charge is 0.375 e. The third-order valence-corrected chi connectivity index (χ3v) is 3.67. The fourth-order valence-electron chi connectivity index (χ4n) is 1.49. The highest BCUT2D eigenvalue weighted by atomic mass is 79.9. The number of nitrogens with two attached hydrogens (primary N) is 1. The second-order valence-corrected chi connectivity index (χ2v) is 5.36. The van der Waals surface area contributed by atoms with E-state index in [2.05, 4.69) is 31.1 Å². The first-order valence-electron chi connectivity index (χ1n) is 5.14. The molecule has 0 saturated carbocycles. The standard InChI is InChI=1S/C11H6BrFN4OS/c12-7-3-5(13)1-2-6(7)9-16-10(18-17-9)8-4-19-11(14)15-8/h1-4H,(H2,14,15). The van der Waals surface area contributed by atoms with E-state index < -0.39 is 0 Å². The summed E-state index contributed by atoms with van der Waals surface area (Å²) >= 11 is 4.55. The van der Waals surface area contributed by atoms with Crippen LogP contribution in [0.1, 0.15) is 0 Å². The lowest BCUT2D eigenvalue weighted by atomic mass is 10.2. The molecule has 0 aliphatic heterocycles. The fraction of sp³-hybridized carbons (Fsp3) is 0. The van der Waals surface area contributed by atoms with Crippen LogP contribution in [-0.2, 0) is 0 Å². The van der Waals surface area contributed by atoms with Crippen molar-refractivity contribution in [1.29, 1.82) is 0 Å². The molecule has 0 spiro atoms. The third-order valence-electron chi connectivity index (χ3n) is 2.34. The molecule has 0 amide bonds. The number of hydrogen-bond acceptors (Lipinski definition) is 6. The first kappa shape index (κ1) is 12.2. The predicted molar refractivity (Wildman–Crippen MR) is 72.9 cm³/mol. The maximum Gasteiger partial charge on any atom is 0.277 e. The topological polar surface area (TPSA) is 77.8 Å². The van der Waals surface area contributed by atoms with Gasteiger partial charge in [0.2, 0.25) is 5.82 Å². The first-order valence-corrected chi connectivity index (χ1v) is 6.81. The van der Waals surface area contributed by atoms with Gasteiger partial charge in [0.15, 0.2) is 5.13 Å². The SMILES string of the molecule is Nc1nc(-c2nc(-c3ccc(F)cc3Br)no2)cs1. The molecule has 0 aliphatic rings. The van der Waals surface area contributed by atoms with Crippen molar-refractivity contribution >= 4 is 32.4 Å². The van der Waals surface area contributed by atoms with Crippen LogP contribution in [0.4, 0.5) is 9.52 Å². The molecule has 0 unspecified atom stereocenters. The predicted octanol–water partition coefficient (Wildman–Crippen LogP) is 3.34. The van der Waals surface area contributed by atoms with Crippen molar-refractivity contribution in [1.82, 2.24) is 15.1 Å². The van der Waals surface area contributed by atoms with Crippen molar-refractivity contribution in [3.8, 4) is 23.0 Å². The van der Waals surface area contributed by atoms with E-state index >= 15 is 0 Å². The summed E-state index contributed by atoms with van der Waals surface area (Å²) in [6.07, 6.45) is 0. The molecule has 3 aromatic rings. The van der Waals surface area contributed by atoms with Crippen molar-refractivity contribution in [2.75, 3.05) is 5.73 Å². The van der Waals surface area contributed by atoms with Crippen LogP contribution in [0.25, 0.3) is 23.0 Å². The third kappa shape index (κ3) is 2.36. The van der Waals surface area contributed by atoms with Gasteiger partial charge in [0, 0.05) is 15.4 Å². The molecule has 8 heteroatoms. The molecule has 0 atom stereocenters. The monoisotopic (exact) mass is 340 g/mol. The van der Waals surface area contributed by atoms with Crippen molar-refractivity contribution in [3.05, 3.63) is 33.9 Å². The molecular formula is C11H6BrFN4OS. The molecule has 1 aromatic carbocycles. The quantitative estimate of drug-likeness (QED) is 0.773. The maximum absolute atomic E-state index is 13.0. The van der Waals surface area contributed by atoms with Gasteiger partial charge in [0.05, 0.1) is 0 Å². The van der Waals surface area contributed by atoms with Gasteiger partial charge in [-0.25, -0.2) is 9.37 Å². The molecule has 2 N–H and O–H groups in total. The van der Waals surface area contributed by atoms with Gasteiger partial charge in [0.25, 0.3) is 5.89 Å². The summed E-state index contributed by atoms with van der Waals surface area (Å²) in [5, 5.41) is 6.00. The number of anilines is 1. The Balaban J connectivity index is 2.01. The van der Waals surface area contributed by atoms with E-state index in [9.17, 15) is 4.39 Å². The van der Waals surface area contributed by atoms with Crippen LogP contribution in [0, 0.1) is 5.82 Å². The molecule has 0 radical (unpaired) electrons. The summed E-state index contributed by atoms with van der Waals surface area (Å²) in [6.45, 7) is 0. The smallest absolute Gasteiger partial charge is 0.277 e. The Morgan fingerprint density at radius 2 is 2.16 bits per heavy atom. The molecule has 2 heterocycles. The van der Waals surface area contributed by atoms with Gasteiger partial charge in [-0.05, 0) is 34.1 Å². The summed E-state index contributed by atoms with van der Waals surface area (Å²) in [5.74, 6) is 0.291. The number of nitrogen functional groups attached to an aromatic ring is 1. The van der Waals surface area contributed by atoms with Crippen molar-refractivity contribution in [2.45, 2.75) is 0 Å². The van der Waals surface area contributed by atoms with Crippen LogP contribution in [0.15, 0.2) is 32.6 Å². The number of rotatable bonds is 2. The Morgan fingerprint density at radius 1 is 1.32 bits per heavy atom. The summed E-state index contributed by atoms with van der Waals surface area (Å²) in [4.78, 5) is 8.27. The number of nitrogens with zero attached hydrogens (tertiary/aromatic N) is 3. The van der Waals surface area contributed by atoms with E-state index in [1.807, 2.05) is 0 Å². The highest BCUT2D eigenvalue weighted by molar-refractivity contribution is 9.10. The number of hydrogen-bond donors (Lipinski definition) is 1. The minimum Gasteiger partial charge on any atom is -0.375 e. The van der Waals surface area contributed by atoms with E-state index in [-0.39, 0.29) is 11.7 Å². The zero-order valence-electron chi connectivity index (χ0n) is 9.30. The van der Waals surface area contributed by atoms with Gasteiger partial charge in [0.1, 0.15) is 11.5 Å². The average molecular weight is 341 g/mol. The van der Waals surface area contributed by atoms with Gasteiger partial charge in [-0.1, -0.05) is 5.16 Å². The van der Waals surface area contributed by atoms with Gasteiger partial charge >= 0.3 is 0 Å². The average Bonchev–Trinajstić information content (AvgIpc) is 2.97. The van der Waals surface area contributed by atoms with E-state index in [0.29, 0.717) is 26.7 Å². The first-order chi connectivity index (χ1) is 9.13. The molecule has 0 bridgehead atoms. The lowest BCUT2D eigenvalue weighted by Gasteiger charge is -1.97. The Kier molecular flexibility index (Phi) is 3.03. The Morgan fingerprint density at radius 3 is 2.84 bits per heavy atom. The van der Waals surface area contributed by atoms with Gasteiger partial charge in [-0.3, -0.25) is 0 Å². The number of benzene rings is 1. The summed E-state index contributed by atoms with van der Waals surface area (Å²) < 4.78 is 18.7. The van der Waals surface area contributed by atoms with Gasteiger partial charge < -0.3 is 10.3 Å². The zero-order chi connectivity index (χ0) is 13.4. The second-order valence-electron chi connectivity index (χ2n) is 3.62. The molecule has 19 heavy (non-hydrogen) atoms. The summed E-state index contributed by atoms with van der Waals surface area (Å²) in [5.41, 5.74) is 6.71. The van der Waals surface area contributed by atoms with Gasteiger partial charge in [-0.15, -0.1) is 11.3 Å². The molecule has 0 saturated heterocycles. The number of thiazole rings is 1. The van der Waals surface area contributed by atoms with E-state index in [1.165, 1.54) is 23.5 Å². The van der Waals surface area contributed by atoms with E-state index in [4.69, 9.17) is 10.3 Å². The molecule has 0 aliphatic carbocycles. The Labute approximate surface area is 119 Å². The lowest BCUT2D eigenvalue weighted by molar-refractivity contribution is 0.431. The molecule has 2 aromatic heterocycles. The molecule has 3 rings (SSSR count). The number of halogens is 2. The minimum atomic E-state index is -0.341. The molecule has 96 valence electrons. The molecule has 0 fully saturated rings. The Hall–Kier alpha value is -1.80. The molecular weight excluding hydrogens is 335 g/mol. The summed E-state index contributed by atoms with van der Waals surface area (Å²) in [6, 6.07) is 4.24. The van der Waals surface area contributed by atoms with Gasteiger partial charge in [-0.2, -0.15) is 4.98 Å². The second kappa shape index (κ2) is 4.71. The van der Waals surface area contributed by atoms with Crippen LogP contribution in [0.2, 0.25) is 0 Å². The van der Waals surface area contributed by atoms with Crippen LogP contribution in [0.5, 0.6) is 0 Å². The van der Waals surface area contributed by atoms with Crippen LogP contribution >= 0.6 is 27.3 Å². The summed E-state index contributed by atoms with van der Waals surface area (Å²) in [7, 11) is 0. The van der Waals surface area contributed by atoms with Crippen LogP contribution in [-0.4, -0.2) is 15.1 Å². The van der Waals surface area contributed by atoms with Crippen LogP contribution < -0.4 is 5.73 Å². The fourth-order valence-corrected chi connectivity index (χ4v) is 2.56. The van der Waals surface area contributed by atoms with Crippen LogP contribution in [0.3, 0.4) is 0 Å². The number of aromatic nitrogens is 3. The highest BCUT2D eigenvalue weighted by Crippen LogP contribution is 2.29. The zero-order valence-corrected chi connectivity index (χ0v) is 11.7. The van der Waals surface area contributed by atoms with Crippen molar-refractivity contribution in [3.63, 3.8) is 0 Å². The maximum atomic E-state index is 13.0. The van der Waals surface area contributed by atoms with E-state index in [0.717, 1.165) is 0 Å². The van der Waals surface area contributed by atoms with E-state index in [1.54, 1.807) is 11.4 Å². The normalized spacial score (nSPS) is 10.8. The Bertz CT molecular complexity index is 742. The lowest BCUT2D eigenvalue weighted by Crippen LogP contribution is -1.85. The van der Waals surface area contributed by atoms with Crippen molar-refractivity contribution in [2.24, 2.45) is 0 Å². The highest BCUT2D eigenvalue weighted by Gasteiger charge is 2.15. The molecule has 5 nitrogen and oxygen atoms in total.